The van der Waals surface area contributed by atoms with Crippen LogP contribution in [0.1, 0.15) is 36.8 Å². The molecule has 0 spiro atoms. The fourth-order valence-corrected chi connectivity index (χ4v) is 5.36. The molecular formula is C24H28N4O3S. The third-order valence-corrected chi connectivity index (χ3v) is 7.57. The van der Waals surface area contributed by atoms with E-state index >= 15 is 0 Å². The van der Waals surface area contributed by atoms with Crippen molar-refractivity contribution < 1.29 is 13.2 Å². The number of hydrogen-bond acceptors (Lipinski definition) is 4. The van der Waals surface area contributed by atoms with Crippen LogP contribution in [0.4, 0.5) is 5.69 Å². The lowest BCUT2D eigenvalue weighted by atomic mass is 10.1. The molecule has 1 aromatic heterocycles. The molecule has 1 amide bonds. The zero-order valence-electron chi connectivity index (χ0n) is 18.0. The molecule has 0 bridgehead atoms. The first kappa shape index (κ1) is 22.2. The smallest absolute Gasteiger partial charge is 0.243 e. The lowest BCUT2D eigenvalue weighted by molar-refractivity contribution is -0.116. The average molecular weight is 453 g/mol. The normalized spacial score (nSPS) is 14.9. The second-order valence-corrected chi connectivity index (χ2v) is 10.00. The topological polar surface area (TPSA) is 84.3 Å². The summed E-state index contributed by atoms with van der Waals surface area (Å²) in [5, 5.41) is 7.10. The molecule has 32 heavy (non-hydrogen) atoms. The van der Waals surface area contributed by atoms with Crippen molar-refractivity contribution >= 4 is 21.6 Å². The predicted octanol–water partition coefficient (Wildman–Crippen LogP) is 3.68. The molecule has 0 atom stereocenters. The molecule has 168 valence electrons. The number of nitrogens with zero attached hydrogens (tertiary/aromatic N) is 3. The van der Waals surface area contributed by atoms with Gasteiger partial charge in [0, 0.05) is 37.6 Å². The predicted molar refractivity (Wildman–Crippen MR) is 124 cm³/mol. The molecule has 8 heteroatoms. The van der Waals surface area contributed by atoms with Gasteiger partial charge in [-0.25, -0.2) is 8.42 Å². The molecule has 3 aromatic rings. The first-order valence-electron chi connectivity index (χ1n) is 11.0. The Bertz CT molecular complexity index is 1120. The minimum absolute atomic E-state index is 0.0742. The van der Waals surface area contributed by atoms with Crippen molar-refractivity contribution in [3.05, 3.63) is 78.1 Å². The van der Waals surface area contributed by atoms with Gasteiger partial charge in [-0.05, 0) is 60.7 Å². The van der Waals surface area contributed by atoms with Crippen LogP contribution < -0.4 is 5.32 Å². The van der Waals surface area contributed by atoms with Crippen LogP contribution in [-0.2, 0) is 27.8 Å². The van der Waals surface area contributed by atoms with Crippen LogP contribution in [0.25, 0.3) is 0 Å². The molecule has 1 N–H and O–H groups in total. The van der Waals surface area contributed by atoms with Crippen molar-refractivity contribution in [1.82, 2.24) is 14.1 Å². The van der Waals surface area contributed by atoms with Crippen molar-refractivity contribution in [1.29, 1.82) is 0 Å². The molecule has 1 aliphatic rings. The maximum absolute atomic E-state index is 12.7. The number of benzene rings is 2. The minimum Gasteiger partial charge on any atom is -0.326 e. The van der Waals surface area contributed by atoms with E-state index in [1.54, 1.807) is 34.8 Å². The summed E-state index contributed by atoms with van der Waals surface area (Å²) in [5.74, 6) is -0.0742. The van der Waals surface area contributed by atoms with Gasteiger partial charge in [0.1, 0.15) is 0 Å². The highest BCUT2D eigenvalue weighted by atomic mass is 32.2. The number of anilines is 1. The Morgan fingerprint density at radius 2 is 1.62 bits per heavy atom. The SMILES string of the molecule is O=C(CCc1ccc(S(=O)(=O)N2CCCCC2)cc1)Nc1ccc(Cn2cccn2)cc1. The fourth-order valence-electron chi connectivity index (χ4n) is 3.84. The van der Waals surface area contributed by atoms with Crippen molar-refractivity contribution in [2.75, 3.05) is 18.4 Å². The van der Waals surface area contributed by atoms with Gasteiger partial charge in [-0.2, -0.15) is 9.40 Å². The van der Waals surface area contributed by atoms with Crippen LogP contribution in [0, 0.1) is 0 Å². The molecule has 0 unspecified atom stereocenters. The largest absolute Gasteiger partial charge is 0.326 e. The van der Waals surface area contributed by atoms with Gasteiger partial charge in [0.25, 0.3) is 0 Å². The number of aryl methyl sites for hydroxylation is 1. The van der Waals surface area contributed by atoms with Gasteiger partial charge < -0.3 is 5.32 Å². The fraction of sp³-hybridized carbons (Fsp3) is 0.333. The van der Waals surface area contributed by atoms with Crippen LogP contribution in [0.3, 0.4) is 0 Å². The van der Waals surface area contributed by atoms with Crippen LogP contribution in [-0.4, -0.2) is 41.5 Å². The molecule has 0 saturated carbocycles. The van der Waals surface area contributed by atoms with E-state index in [2.05, 4.69) is 10.4 Å². The van der Waals surface area contributed by atoms with E-state index in [4.69, 9.17) is 0 Å². The molecule has 1 saturated heterocycles. The van der Waals surface area contributed by atoms with Gasteiger partial charge in [-0.15, -0.1) is 0 Å². The second kappa shape index (κ2) is 10.1. The zero-order valence-corrected chi connectivity index (χ0v) is 18.8. The Morgan fingerprint density at radius 3 is 2.28 bits per heavy atom. The van der Waals surface area contributed by atoms with Crippen LogP contribution in [0.15, 0.2) is 71.9 Å². The first-order chi connectivity index (χ1) is 15.5. The van der Waals surface area contributed by atoms with Gasteiger partial charge in [-0.1, -0.05) is 30.7 Å². The monoisotopic (exact) mass is 452 g/mol. The number of amides is 1. The van der Waals surface area contributed by atoms with Crippen molar-refractivity contribution in [2.45, 2.75) is 43.5 Å². The molecule has 2 heterocycles. The highest BCUT2D eigenvalue weighted by molar-refractivity contribution is 7.89. The Balaban J connectivity index is 1.27. The van der Waals surface area contributed by atoms with Crippen molar-refractivity contribution in [3.8, 4) is 0 Å². The second-order valence-electron chi connectivity index (χ2n) is 8.06. The molecule has 2 aromatic carbocycles. The number of carbonyl (C=O) groups excluding carboxylic acids is 1. The standard InChI is InChI=1S/C24H28N4O3S/c29-24(26-22-10-5-21(6-11-22)19-27-16-4-15-25-27)14-9-20-7-12-23(13-8-20)32(30,31)28-17-2-1-3-18-28/h4-8,10-13,15-16H,1-3,9,14,17-19H2,(H,26,29). The van der Waals surface area contributed by atoms with E-state index in [1.165, 1.54) is 0 Å². The number of hydrogen-bond donors (Lipinski definition) is 1. The third kappa shape index (κ3) is 5.63. The van der Waals surface area contributed by atoms with Gasteiger partial charge in [0.15, 0.2) is 0 Å². The van der Waals surface area contributed by atoms with Gasteiger partial charge in [0.05, 0.1) is 11.4 Å². The molecule has 0 aliphatic carbocycles. The molecule has 4 rings (SSSR count). The maximum atomic E-state index is 12.7. The summed E-state index contributed by atoms with van der Waals surface area (Å²) < 4.78 is 28.9. The average Bonchev–Trinajstić information content (AvgIpc) is 3.33. The van der Waals surface area contributed by atoms with E-state index in [0.717, 1.165) is 36.1 Å². The molecule has 0 radical (unpaired) electrons. The molecule has 1 aliphatic heterocycles. The summed E-state index contributed by atoms with van der Waals surface area (Å²) in [6.45, 7) is 1.87. The lowest BCUT2D eigenvalue weighted by Gasteiger charge is -2.25. The lowest BCUT2D eigenvalue weighted by Crippen LogP contribution is -2.35. The quantitative estimate of drug-likeness (QED) is 0.565. The number of nitrogens with one attached hydrogen (secondary N) is 1. The van der Waals surface area contributed by atoms with Gasteiger partial charge in [-0.3, -0.25) is 9.48 Å². The highest BCUT2D eigenvalue weighted by Crippen LogP contribution is 2.21. The molecular weight excluding hydrogens is 424 g/mol. The Kier molecular flexibility index (Phi) is 7.02. The van der Waals surface area contributed by atoms with Crippen LogP contribution in [0.2, 0.25) is 0 Å². The van der Waals surface area contributed by atoms with Crippen molar-refractivity contribution in [3.63, 3.8) is 0 Å². The van der Waals surface area contributed by atoms with E-state index in [-0.39, 0.29) is 5.91 Å². The maximum Gasteiger partial charge on any atom is 0.243 e. The Morgan fingerprint density at radius 1 is 0.938 bits per heavy atom. The number of rotatable bonds is 8. The van der Waals surface area contributed by atoms with Gasteiger partial charge >= 0.3 is 0 Å². The summed E-state index contributed by atoms with van der Waals surface area (Å²) in [6, 6.07) is 16.5. The molecule has 7 nitrogen and oxygen atoms in total. The van der Waals surface area contributed by atoms with E-state index in [9.17, 15) is 13.2 Å². The van der Waals surface area contributed by atoms with E-state index < -0.39 is 10.0 Å². The Labute approximate surface area is 189 Å². The van der Waals surface area contributed by atoms with E-state index in [1.807, 2.05) is 41.2 Å². The minimum atomic E-state index is -3.42. The summed E-state index contributed by atoms with van der Waals surface area (Å²) in [7, 11) is -3.42. The highest BCUT2D eigenvalue weighted by Gasteiger charge is 2.25. The first-order valence-corrected chi connectivity index (χ1v) is 12.4. The van der Waals surface area contributed by atoms with Crippen molar-refractivity contribution in [2.24, 2.45) is 0 Å². The number of carbonyl (C=O) groups is 1. The summed E-state index contributed by atoms with van der Waals surface area (Å²) in [6.07, 6.45) is 7.45. The van der Waals surface area contributed by atoms with E-state index in [0.29, 0.717) is 37.4 Å². The summed E-state index contributed by atoms with van der Waals surface area (Å²) in [5.41, 5.74) is 2.79. The Hall–Kier alpha value is -2.97. The number of sulfonamides is 1. The summed E-state index contributed by atoms with van der Waals surface area (Å²) >= 11 is 0. The van der Waals surface area contributed by atoms with Crippen LogP contribution in [0.5, 0.6) is 0 Å². The summed E-state index contributed by atoms with van der Waals surface area (Å²) in [4.78, 5) is 12.7. The number of aromatic nitrogens is 2. The van der Waals surface area contributed by atoms with Crippen LogP contribution >= 0.6 is 0 Å². The molecule has 1 fully saturated rings. The third-order valence-electron chi connectivity index (χ3n) is 5.66. The zero-order chi connectivity index (χ0) is 22.4. The number of piperidine rings is 1. The van der Waals surface area contributed by atoms with Gasteiger partial charge in [0.2, 0.25) is 15.9 Å².